The Bertz CT molecular complexity index is 417. The smallest absolute Gasteiger partial charge is 0.332 e. The van der Waals surface area contributed by atoms with Crippen molar-refractivity contribution in [1.29, 1.82) is 0 Å². The van der Waals surface area contributed by atoms with E-state index in [9.17, 15) is 9.59 Å². The van der Waals surface area contributed by atoms with Gasteiger partial charge in [-0.25, -0.2) is 4.79 Å². The van der Waals surface area contributed by atoms with Crippen molar-refractivity contribution in [3.05, 3.63) is 29.3 Å². The molecule has 16 heavy (non-hydrogen) atoms. The summed E-state index contributed by atoms with van der Waals surface area (Å²) in [5.74, 6) is -1.72. The highest BCUT2D eigenvalue weighted by atomic mass is 16.7. The van der Waals surface area contributed by atoms with Crippen LogP contribution in [0.2, 0.25) is 0 Å². The highest BCUT2D eigenvalue weighted by Crippen LogP contribution is 2.16. The highest BCUT2D eigenvalue weighted by molar-refractivity contribution is 5.98. The Balaban J connectivity index is 2.80. The molecule has 4 N–H and O–H groups in total. The highest BCUT2D eigenvalue weighted by Gasteiger charge is 2.08. The van der Waals surface area contributed by atoms with Crippen LogP contribution in [0.3, 0.4) is 0 Å². The van der Waals surface area contributed by atoms with Crippen LogP contribution in [-0.2, 0) is 9.63 Å². The molecule has 0 atom stereocenters. The van der Waals surface area contributed by atoms with E-state index in [0.717, 1.165) is 5.56 Å². The second kappa shape index (κ2) is 5.13. The number of hydrogen-bond acceptors (Lipinski definition) is 4. The first kappa shape index (κ1) is 12.0. The number of aliphatic carboxylic acids is 1. The van der Waals surface area contributed by atoms with Gasteiger partial charge in [0.15, 0.2) is 6.61 Å². The minimum Gasteiger partial charge on any atom is -0.479 e. The number of nitrogens with two attached hydrogens (primary N) is 1. The molecule has 6 heteroatoms. The van der Waals surface area contributed by atoms with Crippen LogP contribution in [0.4, 0.5) is 5.69 Å². The molecule has 0 heterocycles. The maximum Gasteiger partial charge on any atom is 0.332 e. The zero-order valence-electron chi connectivity index (χ0n) is 8.69. The summed E-state index contributed by atoms with van der Waals surface area (Å²) in [4.78, 5) is 25.9. The van der Waals surface area contributed by atoms with Crippen LogP contribution in [0, 0.1) is 6.92 Å². The molecule has 0 bridgehead atoms. The Morgan fingerprint density at radius 1 is 1.50 bits per heavy atom. The van der Waals surface area contributed by atoms with E-state index in [4.69, 9.17) is 10.8 Å². The van der Waals surface area contributed by atoms with Gasteiger partial charge in [0.2, 0.25) is 0 Å². The van der Waals surface area contributed by atoms with Crippen LogP contribution >= 0.6 is 0 Å². The van der Waals surface area contributed by atoms with Gasteiger partial charge in [-0.2, -0.15) is 0 Å². The fourth-order valence-electron chi connectivity index (χ4n) is 1.13. The summed E-state index contributed by atoms with van der Waals surface area (Å²) >= 11 is 0. The standard InChI is InChI=1S/C10H12N2O4/c1-6-2-3-7(10(11)15)8(4-6)12-16-5-9(13)14/h2-4,12H,5H2,1H3,(H2,11,15)(H,13,14). The molecule has 0 aromatic heterocycles. The molecule has 1 aromatic rings. The lowest BCUT2D eigenvalue weighted by molar-refractivity contribution is -0.141. The second-order valence-corrected chi connectivity index (χ2v) is 3.20. The van der Waals surface area contributed by atoms with Crippen molar-refractivity contribution in [2.45, 2.75) is 6.92 Å². The molecular formula is C10H12N2O4. The van der Waals surface area contributed by atoms with Crippen LogP contribution in [0.1, 0.15) is 15.9 Å². The quantitative estimate of drug-likeness (QED) is 0.633. The van der Waals surface area contributed by atoms with E-state index >= 15 is 0 Å². The average Bonchev–Trinajstić information content (AvgIpc) is 2.16. The van der Waals surface area contributed by atoms with E-state index in [1.54, 1.807) is 18.2 Å². The first-order valence-electron chi connectivity index (χ1n) is 4.50. The molecule has 0 saturated carbocycles. The van der Waals surface area contributed by atoms with Crippen molar-refractivity contribution in [3.8, 4) is 0 Å². The molecule has 0 aliphatic carbocycles. The molecule has 0 spiro atoms. The fraction of sp³-hybridized carbons (Fsp3) is 0.200. The molecule has 1 aromatic carbocycles. The van der Waals surface area contributed by atoms with Crippen molar-refractivity contribution >= 4 is 17.6 Å². The minimum absolute atomic E-state index is 0.246. The molecule has 6 nitrogen and oxygen atoms in total. The predicted molar refractivity (Wildman–Crippen MR) is 56.9 cm³/mol. The Morgan fingerprint density at radius 3 is 2.75 bits per heavy atom. The summed E-state index contributed by atoms with van der Waals surface area (Å²) in [7, 11) is 0. The normalized spacial score (nSPS) is 9.81. The zero-order chi connectivity index (χ0) is 12.1. The van der Waals surface area contributed by atoms with E-state index in [1.807, 2.05) is 6.92 Å². The molecule has 0 fully saturated rings. The molecule has 0 aliphatic heterocycles. The first-order chi connectivity index (χ1) is 7.50. The van der Waals surface area contributed by atoms with Gasteiger partial charge >= 0.3 is 5.97 Å². The van der Waals surface area contributed by atoms with Crippen molar-refractivity contribution in [2.24, 2.45) is 5.73 Å². The number of carbonyl (C=O) groups excluding carboxylic acids is 1. The molecule has 0 unspecified atom stereocenters. The van der Waals surface area contributed by atoms with Gasteiger partial charge in [0.1, 0.15) is 0 Å². The SMILES string of the molecule is Cc1ccc(C(N)=O)c(NOCC(=O)O)c1. The van der Waals surface area contributed by atoms with E-state index in [1.165, 1.54) is 0 Å². The van der Waals surface area contributed by atoms with Gasteiger partial charge < -0.3 is 10.8 Å². The summed E-state index contributed by atoms with van der Waals surface area (Å²) in [6.45, 7) is 1.32. The average molecular weight is 224 g/mol. The second-order valence-electron chi connectivity index (χ2n) is 3.20. The van der Waals surface area contributed by atoms with Crippen LogP contribution in [0.5, 0.6) is 0 Å². The van der Waals surface area contributed by atoms with Crippen LogP contribution in [-0.4, -0.2) is 23.6 Å². The fourth-order valence-corrected chi connectivity index (χ4v) is 1.13. The number of hydrogen-bond donors (Lipinski definition) is 3. The molecule has 0 radical (unpaired) electrons. The van der Waals surface area contributed by atoms with E-state index in [2.05, 4.69) is 10.3 Å². The summed E-state index contributed by atoms with van der Waals surface area (Å²) in [6.07, 6.45) is 0. The van der Waals surface area contributed by atoms with Crippen molar-refractivity contribution < 1.29 is 19.5 Å². The monoisotopic (exact) mass is 224 g/mol. The van der Waals surface area contributed by atoms with Gasteiger partial charge in [-0.3, -0.25) is 15.1 Å². The van der Waals surface area contributed by atoms with Crippen LogP contribution in [0.25, 0.3) is 0 Å². The van der Waals surface area contributed by atoms with Crippen molar-refractivity contribution in [3.63, 3.8) is 0 Å². The largest absolute Gasteiger partial charge is 0.479 e. The third-order valence-electron chi connectivity index (χ3n) is 1.82. The molecule has 1 amide bonds. The molecule has 1 rings (SSSR count). The van der Waals surface area contributed by atoms with Gasteiger partial charge in [-0.15, -0.1) is 0 Å². The summed E-state index contributed by atoms with van der Waals surface area (Å²) in [5.41, 5.74) is 9.03. The first-order valence-corrected chi connectivity index (χ1v) is 4.50. The predicted octanol–water partition coefficient (Wildman–Crippen LogP) is 0.522. The van der Waals surface area contributed by atoms with Crippen molar-refractivity contribution in [2.75, 3.05) is 12.1 Å². The summed E-state index contributed by atoms with van der Waals surface area (Å²) in [5, 5.41) is 8.37. The van der Waals surface area contributed by atoms with E-state index in [-0.39, 0.29) is 5.56 Å². The Morgan fingerprint density at radius 2 is 2.19 bits per heavy atom. The minimum atomic E-state index is -1.11. The van der Waals surface area contributed by atoms with Crippen LogP contribution in [0.15, 0.2) is 18.2 Å². The number of aryl methyl sites for hydroxylation is 1. The lowest BCUT2D eigenvalue weighted by atomic mass is 10.1. The number of carbonyl (C=O) groups is 2. The third-order valence-corrected chi connectivity index (χ3v) is 1.82. The topological polar surface area (TPSA) is 102 Å². The Kier molecular flexibility index (Phi) is 3.84. The number of nitrogens with one attached hydrogen (secondary N) is 1. The molecule has 86 valence electrons. The molecular weight excluding hydrogens is 212 g/mol. The van der Waals surface area contributed by atoms with E-state index < -0.39 is 18.5 Å². The summed E-state index contributed by atoms with van der Waals surface area (Å²) in [6, 6.07) is 4.91. The number of carboxylic acid groups (broad SMARTS) is 1. The van der Waals surface area contributed by atoms with Gasteiger partial charge in [0.05, 0.1) is 11.3 Å². The zero-order valence-corrected chi connectivity index (χ0v) is 8.69. The number of primary amides is 1. The number of carboxylic acids is 1. The third kappa shape index (κ3) is 3.25. The Labute approximate surface area is 92.0 Å². The lowest BCUT2D eigenvalue weighted by Crippen LogP contribution is -2.17. The number of amides is 1. The molecule has 0 saturated heterocycles. The maximum atomic E-state index is 11.0. The van der Waals surface area contributed by atoms with Gasteiger partial charge in [-0.1, -0.05) is 6.07 Å². The summed E-state index contributed by atoms with van der Waals surface area (Å²) < 4.78 is 0. The van der Waals surface area contributed by atoms with Gasteiger partial charge in [-0.05, 0) is 24.6 Å². The lowest BCUT2D eigenvalue weighted by Gasteiger charge is -2.09. The van der Waals surface area contributed by atoms with Crippen LogP contribution < -0.4 is 11.2 Å². The Hall–Kier alpha value is -2.08. The van der Waals surface area contributed by atoms with Gasteiger partial charge in [0.25, 0.3) is 5.91 Å². The van der Waals surface area contributed by atoms with Crippen molar-refractivity contribution in [1.82, 2.24) is 0 Å². The maximum absolute atomic E-state index is 11.0. The molecule has 0 aliphatic rings. The van der Waals surface area contributed by atoms with E-state index in [0.29, 0.717) is 5.69 Å². The van der Waals surface area contributed by atoms with Gasteiger partial charge in [0, 0.05) is 0 Å². The number of anilines is 1. The number of benzene rings is 1. The number of rotatable bonds is 5.